The lowest BCUT2D eigenvalue weighted by atomic mass is 9.83. The Bertz CT molecular complexity index is 981. The van der Waals surface area contributed by atoms with Gasteiger partial charge in [0.05, 0.1) is 22.6 Å². The minimum atomic E-state index is -0.411. The maximum absolute atomic E-state index is 14.4. The molecule has 0 radical (unpaired) electrons. The van der Waals surface area contributed by atoms with Gasteiger partial charge in [-0.3, -0.25) is 14.9 Å². The van der Waals surface area contributed by atoms with Crippen molar-refractivity contribution in [1.82, 2.24) is 5.32 Å². The number of nitro groups is 1. The van der Waals surface area contributed by atoms with Gasteiger partial charge in [-0.15, -0.1) is 0 Å². The molecule has 8 heteroatoms. The number of piperazine rings is 1. The van der Waals surface area contributed by atoms with E-state index in [0.717, 1.165) is 11.3 Å². The molecule has 2 aromatic rings. The van der Waals surface area contributed by atoms with Crippen molar-refractivity contribution in [3.8, 4) is 0 Å². The van der Waals surface area contributed by atoms with Crippen LogP contribution in [0.4, 0.5) is 21.5 Å². The molecule has 2 aliphatic rings. The summed E-state index contributed by atoms with van der Waals surface area (Å²) < 4.78 is 14.4. The maximum atomic E-state index is 14.4. The Hall–Kier alpha value is -3.16. The number of fused-ring (bicyclic) bond motifs is 3. The predicted molar refractivity (Wildman–Crippen MR) is 113 cm³/mol. The van der Waals surface area contributed by atoms with Crippen LogP contribution in [-0.4, -0.2) is 42.5 Å². The van der Waals surface area contributed by atoms with Gasteiger partial charge in [-0.1, -0.05) is 12.1 Å². The van der Waals surface area contributed by atoms with Crippen molar-refractivity contribution < 1.29 is 14.1 Å². The number of non-ortho nitro benzene ring substituents is 1. The number of anilines is 2. The predicted octanol–water partition coefficient (Wildman–Crippen LogP) is 3.13. The van der Waals surface area contributed by atoms with Gasteiger partial charge in [-0.2, -0.15) is 0 Å². The first-order valence-corrected chi connectivity index (χ1v) is 10.2. The van der Waals surface area contributed by atoms with Crippen LogP contribution in [0.5, 0.6) is 0 Å². The quantitative estimate of drug-likeness (QED) is 0.617. The number of para-hydroxylation sites is 1. The fourth-order valence-corrected chi connectivity index (χ4v) is 4.54. The zero-order chi connectivity index (χ0) is 21.4. The topological polar surface area (TPSA) is 78.7 Å². The van der Waals surface area contributed by atoms with Gasteiger partial charge in [0.1, 0.15) is 5.82 Å². The number of rotatable bonds is 4. The number of benzene rings is 2. The smallest absolute Gasteiger partial charge is 0.269 e. The molecule has 2 atom stereocenters. The highest BCUT2D eigenvalue weighted by atomic mass is 19.1. The van der Waals surface area contributed by atoms with Crippen molar-refractivity contribution in [2.24, 2.45) is 5.92 Å². The molecule has 1 N–H and O–H groups in total. The van der Waals surface area contributed by atoms with Crippen LogP contribution in [0.15, 0.2) is 42.5 Å². The van der Waals surface area contributed by atoms with Crippen molar-refractivity contribution in [1.29, 1.82) is 0 Å². The van der Waals surface area contributed by atoms with E-state index in [4.69, 9.17) is 0 Å². The number of nitrogens with zero attached hydrogens (tertiary/aromatic N) is 3. The van der Waals surface area contributed by atoms with E-state index >= 15 is 0 Å². The van der Waals surface area contributed by atoms with E-state index in [-0.39, 0.29) is 35.4 Å². The Labute approximate surface area is 174 Å². The summed E-state index contributed by atoms with van der Waals surface area (Å²) in [6.07, 6.45) is 0.418. The molecule has 0 bridgehead atoms. The minimum Gasteiger partial charge on any atom is -0.365 e. The Balaban J connectivity index is 1.70. The highest BCUT2D eigenvalue weighted by molar-refractivity contribution is 5.82. The SMILES string of the molecule is CC(C)NC(=O)C1Cc2cc([N+](=O)[O-])ccc2N2CCN(c3ccccc3F)CC12. The van der Waals surface area contributed by atoms with Crippen LogP contribution in [0.2, 0.25) is 0 Å². The third-order valence-electron chi connectivity index (χ3n) is 5.87. The summed E-state index contributed by atoms with van der Waals surface area (Å²) in [6.45, 7) is 5.53. The number of amides is 1. The Morgan fingerprint density at radius 3 is 2.67 bits per heavy atom. The van der Waals surface area contributed by atoms with Crippen LogP contribution in [0, 0.1) is 21.8 Å². The fraction of sp³-hybridized carbons (Fsp3) is 0.409. The molecule has 2 aromatic carbocycles. The molecule has 0 aliphatic carbocycles. The summed E-state index contributed by atoms with van der Waals surface area (Å²) in [4.78, 5) is 28.0. The summed E-state index contributed by atoms with van der Waals surface area (Å²) >= 11 is 0. The largest absolute Gasteiger partial charge is 0.365 e. The molecule has 0 aromatic heterocycles. The molecule has 2 heterocycles. The summed E-state index contributed by atoms with van der Waals surface area (Å²) in [5.41, 5.74) is 2.30. The van der Waals surface area contributed by atoms with Gasteiger partial charge >= 0.3 is 0 Å². The second-order valence-corrected chi connectivity index (χ2v) is 8.20. The van der Waals surface area contributed by atoms with Crippen molar-refractivity contribution in [3.05, 3.63) is 64.0 Å². The molecular weight excluding hydrogens is 387 g/mol. The summed E-state index contributed by atoms with van der Waals surface area (Å²) in [6, 6.07) is 11.4. The van der Waals surface area contributed by atoms with E-state index in [9.17, 15) is 19.3 Å². The van der Waals surface area contributed by atoms with E-state index in [1.165, 1.54) is 12.1 Å². The zero-order valence-corrected chi connectivity index (χ0v) is 17.0. The van der Waals surface area contributed by atoms with E-state index in [1.54, 1.807) is 24.3 Å². The van der Waals surface area contributed by atoms with Gasteiger partial charge in [0, 0.05) is 43.5 Å². The van der Waals surface area contributed by atoms with Gasteiger partial charge in [0.15, 0.2) is 0 Å². The van der Waals surface area contributed by atoms with E-state index < -0.39 is 4.92 Å². The van der Waals surface area contributed by atoms with Gasteiger partial charge in [0.2, 0.25) is 5.91 Å². The lowest BCUT2D eigenvalue weighted by Gasteiger charge is -2.49. The summed E-state index contributed by atoms with van der Waals surface area (Å²) in [5, 5.41) is 14.2. The average Bonchev–Trinajstić information content (AvgIpc) is 2.72. The molecule has 158 valence electrons. The van der Waals surface area contributed by atoms with Crippen LogP contribution < -0.4 is 15.1 Å². The number of carbonyl (C=O) groups is 1. The van der Waals surface area contributed by atoms with Gasteiger partial charge < -0.3 is 15.1 Å². The second-order valence-electron chi connectivity index (χ2n) is 8.20. The highest BCUT2D eigenvalue weighted by Crippen LogP contribution is 2.38. The van der Waals surface area contributed by atoms with Crippen molar-refractivity contribution in [2.75, 3.05) is 29.4 Å². The standard InChI is InChI=1S/C22H25FN4O3/c1-14(2)24-22(28)17-12-15-11-16(27(29)30)7-8-19(15)26-10-9-25(13-21(17)26)20-6-4-3-5-18(20)23/h3-8,11,14,17,21H,9-10,12-13H2,1-2H3,(H,24,28). The third-order valence-corrected chi connectivity index (χ3v) is 5.87. The lowest BCUT2D eigenvalue weighted by molar-refractivity contribution is -0.384. The monoisotopic (exact) mass is 412 g/mol. The molecular formula is C22H25FN4O3. The Morgan fingerprint density at radius 1 is 1.20 bits per heavy atom. The van der Waals surface area contributed by atoms with Crippen LogP contribution in [0.1, 0.15) is 19.4 Å². The summed E-state index contributed by atoms with van der Waals surface area (Å²) in [5.74, 6) is -0.731. The van der Waals surface area contributed by atoms with Crippen LogP contribution >= 0.6 is 0 Å². The fourth-order valence-electron chi connectivity index (χ4n) is 4.54. The van der Waals surface area contributed by atoms with E-state index in [2.05, 4.69) is 10.2 Å². The molecule has 1 fully saturated rings. The molecule has 1 saturated heterocycles. The number of hydrogen-bond acceptors (Lipinski definition) is 5. The Morgan fingerprint density at radius 2 is 1.97 bits per heavy atom. The van der Waals surface area contributed by atoms with Crippen molar-refractivity contribution >= 4 is 23.0 Å². The molecule has 1 amide bonds. The first-order chi connectivity index (χ1) is 14.3. The molecule has 7 nitrogen and oxygen atoms in total. The molecule has 0 spiro atoms. The van der Waals surface area contributed by atoms with Gasteiger partial charge in [-0.25, -0.2) is 4.39 Å². The van der Waals surface area contributed by atoms with Gasteiger partial charge in [0.25, 0.3) is 5.69 Å². The van der Waals surface area contributed by atoms with Crippen molar-refractivity contribution in [2.45, 2.75) is 32.4 Å². The van der Waals surface area contributed by atoms with Gasteiger partial charge in [-0.05, 0) is 44.0 Å². The lowest BCUT2D eigenvalue weighted by Crippen LogP contribution is -2.61. The molecule has 0 saturated carbocycles. The van der Waals surface area contributed by atoms with Crippen LogP contribution in [-0.2, 0) is 11.2 Å². The molecule has 2 aliphatic heterocycles. The van der Waals surface area contributed by atoms with E-state index in [0.29, 0.717) is 31.7 Å². The zero-order valence-electron chi connectivity index (χ0n) is 17.0. The molecule has 30 heavy (non-hydrogen) atoms. The highest BCUT2D eigenvalue weighted by Gasteiger charge is 2.42. The third kappa shape index (κ3) is 3.69. The first-order valence-electron chi connectivity index (χ1n) is 10.2. The number of halogens is 1. The normalized spacial score (nSPS) is 20.5. The second kappa shape index (κ2) is 7.93. The number of hydrogen-bond donors (Lipinski definition) is 1. The first kappa shape index (κ1) is 20.1. The summed E-state index contributed by atoms with van der Waals surface area (Å²) in [7, 11) is 0. The maximum Gasteiger partial charge on any atom is 0.269 e. The van der Waals surface area contributed by atoms with Crippen molar-refractivity contribution in [3.63, 3.8) is 0 Å². The minimum absolute atomic E-state index is 0.0104. The number of nitro benzene ring substituents is 1. The number of nitrogens with one attached hydrogen (secondary N) is 1. The average molecular weight is 412 g/mol. The number of carbonyl (C=O) groups excluding carboxylic acids is 1. The van der Waals surface area contributed by atoms with E-state index in [1.807, 2.05) is 24.8 Å². The Kier molecular flexibility index (Phi) is 5.32. The molecule has 4 rings (SSSR count). The van der Waals surface area contributed by atoms with Crippen LogP contribution in [0.3, 0.4) is 0 Å². The van der Waals surface area contributed by atoms with Crippen LogP contribution in [0.25, 0.3) is 0 Å². The molecule has 2 unspecified atom stereocenters.